The van der Waals surface area contributed by atoms with Gasteiger partial charge in [0.15, 0.2) is 12.4 Å². The van der Waals surface area contributed by atoms with Gasteiger partial charge in [-0.2, -0.15) is 9.78 Å². The summed E-state index contributed by atoms with van der Waals surface area (Å²) in [6, 6.07) is 15.6. The molecule has 3 aromatic rings. The van der Waals surface area contributed by atoms with E-state index in [1.807, 2.05) is 44.2 Å². The van der Waals surface area contributed by atoms with Gasteiger partial charge in [-0.05, 0) is 50.1 Å². The van der Waals surface area contributed by atoms with Crippen LogP contribution in [0.25, 0.3) is 5.69 Å². The summed E-state index contributed by atoms with van der Waals surface area (Å²) >= 11 is 0. The summed E-state index contributed by atoms with van der Waals surface area (Å²) in [5, 5.41) is 6.87. The van der Waals surface area contributed by atoms with Gasteiger partial charge in [-0.15, -0.1) is 0 Å². The number of hydrogen-bond donors (Lipinski definition) is 1. The topological polar surface area (TPSA) is 99.5 Å². The van der Waals surface area contributed by atoms with Crippen LogP contribution in [0, 0.1) is 13.8 Å². The molecule has 1 N–H and O–H groups in total. The van der Waals surface area contributed by atoms with Crippen LogP contribution in [0.2, 0.25) is 0 Å². The Morgan fingerprint density at radius 2 is 1.84 bits per heavy atom. The maximum Gasteiger partial charge on any atom is 0.362 e. The summed E-state index contributed by atoms with van der Waals surface area (Å²) in [6.45, 7) is 5.11. The minimum absolute atomic E-state index is 0.118. The zero-order valence-electron chi connectivity index (χ0n) is 17.5. The van der Waals surface area contributed by atoms with Gasteiger partial charge in [0.05, 0.1) is 18.4 Å². The zero-order valence-corrected chi connectivity index (χ0v) is 17.5. The molecule has 8 heteroatoms. The molecule has 0 bridgehead atoms. The third-order valence-corrected chi connectivity index (χ3v) is 4.37. The monoisotopic (exact) mass is 421 g/mol. The van der Waals surface area contributed by atoms with Crippen molar-refractivity contribution in [3.8, 4) is 11.4 Å². The van der Waals surface area contributed by atoms with Crippen molar-refractivity contribution < 1.29 is 19.1 Å². The van der Waals surface area contributed by atoms with Crippen LogP contribution < -0.4 is 15.6 Å². The number of amides is 1. The van der Waals surface area contributed by atoms with Crippen LogP contribution in [0.5, 0.6) is 5.75 Å². The zero-order chi connectivity index (χ0) is 22.4. The average Bonchev–Trinajstić information content (AvgIpc) is 2.73. The van der Waals surface area contributed by atoms with Gasteiger partial charge in [0.25, 0.3) is 11.5 Å². The van der Waals surface area contributed by atoms with Crippen LogP contribution in [0.3, 0.4) is 0 Å². The number of ether oxygens (including phenoxy) is 2. The maximum absolute atomic E-state index is 12.7. The van der Waals surface area contributed by atoms with E-state index >= 15 is 0 Å². The molecule has 3 rings (SSSR count). The lowest BCUT2D eigenvalue weighted by molar-refractivity contribution is -0.118. The van der Waals surface area contributed by atoms with Crippen LogP contribution in [-0.2, 0) is 9.53 Å². The van der Waals surface area contributed by atoms with Gasteiger partial charge in [-0.25, -0.2) is 4.79 Å². The summed E-state index contributed by atoms with van der Waals surface area (Å²) < 4.78 is 11.6. The lowest BCUT2D eigenvalue weighted by Crippen LogP contribution is -2.27. The Kier molecular flexibility index (Phi) is 6.81. The van der Waals surface area contributed by atoms with E-state index < -0.39 is 24.0 Å². The van der Waals surface area contributed by atoms with Crippen molar-refractivity contribution in [2.24, 2.45) is 0 Å². The highest BCUT2D eigenvalue weighted by molar-refractivity contribution is 5.93. The normalized spacial score (nSPS) is 10.4. The molecule has 8 nitrogen and oxygen atoms in total. The summed E-state index contributed by atoms with van der Waals surface area (Å²) in [7, 11) is 0. The third kappa shape index (κ3) is 5.36. The number of aromatic nitrogens is 2. The summed E-state index contributed by atoms with van der Waals surface area (Å²) in [6.07, 6.45) is 0. The van der Waals surface area contributed by atoms with Crippen molar-refractivity contribution in [1.29, 1.82) is 0 Å². The number of benzene rings is 2. The second-order valence-electron chi connectivity index (χ2n) is 6.82. The number of nitrogens with zero attached hydrogens (tertiary/aromatic N) is 2. The van der Waals surface area contributed by atoms with Crippen molar-refractivity contribution in [1.82, 2.24) is 9.78 Å². The van der Waals surface area contributed by atoms with E-state index in [9.17, 15) is 14.4 Å². The number of esters is 1. The highest BCUT2D eigenvalue weighted by Crippen LogP contribution is 2.18. The third-order valence-electron chi connectivity index (χ3n) is 4.37. The van der Waals surface area contributed by atoms with E-state index in [1.165, 1.54) is 0 Å². The molecule has 0 atom stereocenters. The number of anilines is 1. The maximum atomic E-state index is 12.7. The first-order valence-electron chi connectivity index (χ1n) is 9.76. The molecule has 0 aliphatic carbocycles. The van der Waals surface area contributed by atoms with Crippen molar-refractivity contribution in [2.45, 2.75) is 20.8 Å². The number of rotatable bonds is 7. The highest BCUT2D eigenvalue weighted by Gasteiger charge is 2.21. The molecule has 160 valence electrons. The van der Waals surface area contributed by atoms with Gasteiger partial charge >= 0.3 is 5.97 Å². The number of carbonyl (C=O) groups is 2. The Bertz CT molecular complexity index is 1170. The molecular formula is C23H23N3O5. The number of aryl methyl sites for hydroxylation is 2. The molecule has 0 saturated carbocycles. The van der Waals surface area contributed by atoms with Crippen molar-refractivity contribution >= 4 is 17.6 Å². The van der Waals surface area contributed by atoms with E-state index in [0.717, 1.165) is 21.9 Å². The molecule has 0 spiro atoms. The molecule has 0 radical (unpaired) electrons. The lowest BCUT2D eigenvalue weighted by atomic mass is 10.2. The van der Waals surface area contributed by atoms with E-state index in [1.54, 1.807) is 25.1 Å². The van der Waals surface area contributed by atoms with Gasteiger partial charge < -0.3 is 14.8 Å². The average molecular weight is 421 g/mol. The second kappa shape index (κ2) is 9.71. The molecule has 0 saturated heterocycles. The standard InChI is InChI=1S/C23H23N3O5/c1-4-30-23(29)22-19(31-14-20(27)24-17-10-7-8-15(2)12-17)13-21(28)26(25-22)18-11-6-5-9-16(18)3/h5-13H,4,14H2,1-3H3,(H,24,27). The Hall–Kier alpha value is -3.94. The fraction of sp³-hybridized carbons (Fsp3) is 0.217. The Morgan fingerprint density at radius 3 is 2.55 bits per heavy atom. The molecule has 2 aromatic carbocycles. The molecule has 0 aliphatic heterocycles. The molecule has 1 aromatic heterocycles. The van der Waals surface area contributed by atoms with Gasteiger partial charge in [-0.3, -0.25) is 9.59 Å². The van der Waals surface area contributed by atoms with Crippen LogP contribution in [0.4, 0.5) is 5.69 Å². The van der Waals surface area contributed by atoms with Gasteiger partial charge in [0.2, 0.25) is 5.69 Å². The SMILES string of the molecule is CCOC(=O)c1nn(-c2ccccc2C)c(=O)cc1OCC(=O)Nc1cccc(C)c1. The van der Waals surface area contributed by atoms with Gasteiger partial charge in [0, 0.05) is 5.69 Å². The minimum Gasteiger partial charge on any atom is -0.481 e. The van der Waals surface area contributed by atoms with E-state index in [0.29, 0.717) is 11.4 Å². The highest BCUT2D eigenvalue weighted by atomic mass is 16.5. The summed E-state index contributed by atoms with van der Waals surface area (Å²) in [4.78, 5) is 37.4. The quantitative estimate of drug-likeness (QED) is 0.589. The number of carbonyl (C=O) groups excluding carboxylic acids is 2. The minimum atomic E-state index is -0.751. The molecule has 1 heterocycles. The molecule has 0 fully saturated rings. The smallest absolute Gasteiger partial charge is 0.362 e. The first-order valence-corrected chi connectivity index (χ1v) is 9.76. The Labute approximate surface area is 179 Å². The molecule has 0 aliphatic rings. The number of para-hydroxylation sites is 1. The predicted molar refractivity (Wildman–Crippen MR) is 116 cm³/mol. The fourth-order valence-electron chi connectivity index (χ4n) is 2.93. The van der Waals surface area contributed by atoms with E-state index in [4.69, 9.17) is 9.47 Å². The molecule has 31 heavy (non-hydrogen) atoms. The molecule has 0 unspecified atom stereocenters. The van der Waals surface area contributed by atoms with Crippen molar-refractivity contribution in [2.75, 3.05) is 18.5 Å². The van der Waals surface area contributed by atoms with Gasteiger partial charge in [-0.1, -0.05) is 30.3 Å². The summed E-state index contributed by atoms with van der Waals surface area (Å²) in [5.74, 6) is -1.31. The fourth-order valence-corrected chi connectivity index (χ4v) is 2.93. The largest absolute Gasteiger partial charge is 0.481 e. The van der Waals surface area contributed by atoms with Crippen molar-refractivity contribution in [3.05, 3.63) is 81.8 Å². The van der Waals surface area contributed by atoms with E-state index in [-0.39, 0.29) is 18.1 Å². The molecule has 1 amide bonds. The predicted octanol–water partition coefficient (Wildman–Crippen LogP) is 3.04. The first-order chi connectivity index (χ1) is 14.9. The number of hydrogen-bond acceptors (Lipinski definition) is 6. The first kappa shape index (κ1) is 21.8. The molecular weight excluding hydrogens is 398 g/mol. The van der Waals surface area contributed by atoms with Crippen molar-refractivity contribution in [3.63, 3.8) is 0 Å². The Balaban J connectivity index is 1.87. The van der Waals surface area contributed by atoms with Crippen LogP contribution >= 0.6 is 0 Å². The lowest BCUT2D eigenvalue weighted by Gasteiger charge is -2.13. The van der Waals surface area contributed by atoms with E-state index in [2.05, 4.69) is 10.4 Å². The van der Waals surface area contributed by atoms with Crippen LogP contribution in [0.1, 0.15) is 28.5 Å². The van der Waals surface area contributed by atoms with Crippen LogP contribution in [-0.4, -0.2) is 34.9 Å². The summed E-state index contributed by atoms with van der Waals surface area (Å²) in [5.41, 5.74) is 2.25. The van der Waals surface area contributed by atoms with Crippen LogP contribution in [0.15, 0.2) is 59.4 Å². The second-order valence-corrected chi connectivity index (χ2v) is 6.82. The number of nitrogens with one attached hydrogen (secondary N) is 1. The van der Waals surface area contributed by atoms with Gasteiger partial charge in [0.1, 0.15) is 0 Å². The Morgan fingerprint density at radius 1 is 1.06 bits per heavy atom.